The van der Waals surface area contributed by atoms with Gasteiger partial charge >= 0.3 is 0 Å². The largest absolute Gasteiger partial charge is 0.331 e. The highest BCUT2D eigenvalue weighted by Gasteiger charge is 2.29. The van der Waals surface area contributed by atoms with Gasteiger partial charge in [-0.05, 0) is 32.6 Å². The zero-order chi connectivity index (χ0) is 9.54. The Bertz CT molecular complexity index is 323. The summed E-state index contributed by atoms with van der Waals surface area (Å²) in [5.74, 6) is 1.22. The molecule has 3 rings (SSSR count). The van der Waals surface area contributed by atoms with Crippen molar-refractivity contribution in [1.82, 2.24) is 14.9 Å². The predicted octanol–water partition coefficient (Wildman–Crippen LogP) is 2.03. The predicted molar refractivity (Wildman–Crippen MR) is 55.1 cm³/mol. The summed E-state index contributed by atoms with van der Waals surface area (Å²) in [5, 5.41) is 3.60. The molecule has 1 atom stereocenters. The van der Waals surface area contributed by atoms with E-state index in [2.05, 4.69) is 28.0 Å². The molecule has 2 fully saturated rings. The zero-order valence-corrected chi connectivity index (χ0v) is 8.61. The van der Waals surface area contributed by atoms with Crippen LogP contribution in [0.2, 0.25) is 0 Å². The number of rotatable bonds is 4. The fourth-order valence-electron chi connectivity index (χ4n) is 2.00. The summed E-state index contributed by atoms with van der Waals surface area (Å²) in [6, 6.07) is 1.92. The van der Waals surface area contributed by atoms with Gasteiger partial charge in [-0.2, -0.15) is 0 Å². The van der Waals surface area contributed by atoms with Crippen LogP contribution in [0.1, 0.15) is 50.5 Å². The molecule has 1 N–H and O–H groups in total. The van der Waals surface area contributed by atoms with Crippen LogP contribution in [-0.2, 0) is 0 Å². The van der Waals surface area contributed by atoms with Gasteiger partial charge in [0.05, 0.1) is 6.04 Å². The number of nitrogens with one attached hydrogen (secondary N) is 1. The van der Waals surface area contributed by atoms with E-state index in [9.17, 15) is 0 Å². The van der Waals surface area contributed by atoms with Crippen LogP contribution in [-0.4, -0.2) is 15.6 Å². The number of imidazole rings is 1. The number of nitrogens with zero attached hydrogens (tertiary/aromatic N) is 2. The lowest BCUT2D eigenvalue weighted by Crippen LogP contribution is -2.23. The van der Waals surface area contributed by atoms with Crippen LogP contribution < -0.4 is 5.32 Å². The average molecular weight is 191 g/mol. The summed E-state index contributed by atoms with van der Waals surface area (Å²) in [4.78, 5) is 4.46. The van der Waals surface area contributed by atoms with Gasteiger partial charge in [-0.15, -0.1) is 0 Å². The van der Waals surface area contributed by atoms with Crippen LogP contribution in [0.3, 0.4) is 0 Å². The van der Waals surface area contributed by atoms with E-state index in [1.807, 2.05) is 6.20 Å². The molecule has 0 bridgehead atoms. The van der Waals surface area contributed by atoms with Crippen LogP contribution in [0.5, 0.6) is 0 Å². The third kappa shape index (κ3) is 1.57. The lowest BCUT2D eigenvalue weighted by Gasteiger charge is -2.14. The quantitative estimate of drug-likeness (QED) is 0.789. The van der Waals surface area contributed by atoms with Crippen LogP contribution in [0, 0.1) is 0 Å². The van der Waals surface area contributed by atoms with E-state index < -0.39 is 0 Å². The molecule has 1 heterocycles. The summed E-state index contributed by atoms with van der Waals surface area (Å²) in [6.45, 7) is 2.22. The second-order valence-electron chi connectivity index (χ2n) is 4.59. The first kappa shape index (κ1) is 8.48. The molecule has 1 aromatic rings. The molecule has 14 heavy (non-hydrogen) atoms. The van der Waals surface area contributed by atoms with Crippen molar-refractivity contribution in [1.29, 1.82) is 0 Å². The summed E-state index contributed by atoms with van der Waals surface area (Å²) in [6.07, 6.45) is 9.40. The maximum absolute atomic E-state index is 4.46. The van der Waals surface area contributed by atoms with Gasteiger partial charge in [0, 0.05) is 24.5 Å². The Morgan fingerprint density at radius 3 is 2.86 bits per heavy atom. The first-order chi connectivity index (χ1) is 6.84. The maximum Gasteiger partial charge on any atom is 0.125 e. The van der Waals surface area contributed by atoms with Gasteiger partial charge in [-0.1, -0.05) is 0 Å². The minimum Gasteiger partial charge on any atom is -0.331 e. The molecule has 0 spiro atoms. The van der Waals surface area contributed by atoms with Crippen molar-refractivity contribution in [3.05, 3.63) is 18.2 Å². The second kappa shape index (κ2) is 3.09. The highest BCUT2D eigenvalue weighted by Crippen LogP contribution is 2.37. The molecule has 1 aromatic heterocycles. The Kier molecular flexibility index (Phi) is 1.87. The van der Waals surface area contributed by atoms with Gasteiger partial charge in [-0.3, -0.25) is 0 Å². The van der Waals surface area contributed by atoms with Crippen LogP contribution in [0.15, 0.2) is 12.4 Å². The van der Waals surface area contributed by atoms with E-state index in [1.54, 1.807) is 0 Å². The van der Waals surface area contributed by atoms with E-state index in [-0.39, 0.29) is 0 Å². The van der Waals surface area contributed by atoms with Crippen molar-refractivity contribution in [2.24, 2.45) is 0 Å². The van der Waals surface area contributed by atoms with E-state index >= 15 is 0 Å². The normalized spacial score (nSPS) is 23.8. The van der Waals surface area contributed by atoms with Gasteiger partial charge in [0.1, 0.15) is 5.82 Å². The van der Waals surface area contributed by atoms with E-state index in [1.165, 1.54) is 31.5 Å². The highest BCUT2D eigenvalue weighted by molar-refractivity contribution is 5.04. The summed E-state index contributed by atoms with van der Waals surface area (Å²) in [7, 11) is 0. The molecule has 2 saturated carbocycles. The van der Waals surface area contributed by atoms with Crippen LogP contribution in [0.25, 0.3) is 0 Å². The molecule has 2 aliphatic carbocycles. The Morgan fingerprint density at radius 1 is 1.43 bits per heavy atom. The van der Waals surface area contributed by atoms with Crippen molar-refractivity contribution in [2.75, 3.05) is 0 Å². The fourth-order valence-corrected chi connectivity index (χ4v) is 2.00. The minimum atomic E-state index is 0.415. The Labute approximate surface area is 84.5 Å². The number of hydrogen-bond acceptors (Lipinski definition) is 2. The lowest BCUT2D eigenvalue weighted by atomic mass is 10.3. The lowest BCUT2D eigenvalue weighted by molar-refractivity contribution is 0.511. The van der Waals surface area contributed by atoms with Crippen molar-refractivity contribution < 1.29 is 0 Å². The standard InChI is InChI=1S/C11H17N3/c1-8(13-9-2-3-9)11-12-6-7-14(11)10-4-5-10/h6-10,13H,2-5H2,1H3. The SMILES string of the molecule is CC(NC1CC1)c1nccn1C1CC1. The van der Waals surface area contributed by atoms with Crippen LogP contribution in [0.4, 0.5) is 0 Å². The van der Waals surface area contributed by atoms with Crippen molar-refractivity contribution in [3.63, 3.8) is 0 Å². The second-order valence-corrected chi connectivity index (χ2v) is 4.59. The molecule has 0 aliphatic heterocycles. The summed E-state index contributed by atoms with van der Waals surface area (Å²) >= 11 is 0. The van der Waals surface area contributed by atoms with Gasteiger partial charge in [-0.25, -0.2) is 4.98 Å². The number of hydrogen-bond donors (Lipinski definition) is 1. The van der Waals surface area contributed by atoms with Crippen LogP contribution >= 0.6 is 0 Å². The molecule has 1 unspecified atom stereocenters. The molecule has 3 nitrogen and oxygen atoms in total. The van der Waals surface area contributed by atoms with Crippen molar-refractivity contribution >= 4 is 0 Å². The zero-order valence-electron chi connectivity index (χ0n) is 8.61. The maximum atomic E-state index is 4.46. The number of aromatic nitrogens is 2. The third-order valence-corrected chi connectivity index (χ3v) is 3.09. The smallest absolute Gasteiger partial charge is 0.125 e. The first-order valence-corrected chi connectivity index (χ1v) is 5.63. The van der Waals surface area contributed by atoms with Gasteiger partial charge in [0.25, 0.3) is 0 Å². The average Bonchev–Trinajstić information content (AvgIpc) is 3.08. The van der Waals surface area contributed by atoms with Gasteiger partial charge < -0.3 is 9.88 Å². The Morgan fingerprint density at radius 2 is 2.21 bits per heavy atom. The molecule has 3 heteroatoms. The molecular formula is C11H17N3. The molecule has 2 aliphatic rings. The van der Waals surface area contributed by atoms with Crippen molar-refractivity contribution in [3.8, 4) is 0 Å². The Balaban J connectivity index is 1.75. The van der Waals surface area contributed by atoms with E-state index in [0.717, 1.165) is 12.1 Å². The third-order valence-electron chi connectivity index (χ3n) is 3.09. The molecule has 0 amide bonds. The Hall–Kier alpha value is -0.830. The molecule has 0 saturated heterocycles. The van der Waals surface area contributed by atoms with E-state index in [4.69, 9.17) is 0 Å². The first-order valence-electron chi connectivity index (χ1n) is 5.63. The van der Waals surface area contributed by atoms with Gasteiger partial charge in [0.15, 0.2) is 0 Å². The van der Waals surface area contributed by atoms with Gasteiger partial charge in [0.2, 0.25) is 0 Å². The molecule has 0 aromatic carbocycles. The minimum absolute atomic E-state index is 0.415. The molecular weight excluding hydrogens is 174 g/mol. The van der Waals surface area contributed by atoms with Crippen molar-refractivity contribution in [2.45, 2.75) is 50.7 Å². The topological polar surface area (TPSA) is 29.9 Å². The highest BCUT2D eigenvalue weighted by atomic mass is 15.2. The summed E-state index contributed by atoms with van der Waals surface area (Å²) in [5.41, 5.74) is 0. The summed E-state index contributed by atoms with van der Waals surface area (Å²) < 4.78 is 2.35. The molecule has 76 valence electrons. The molecule has 0 radical (unpaired) electrons. The monoisotopic (exact) mass is 191 g/mol. The fraction of sp³-hybridized carbons (Fsp3) is 0.727. The van der Waals surface area contributed by atoms with E-state index in [0.29, 0.717) is 6.04 Å².